The molecule has 0 bridgehead atoms. The van der Waals surface area contributed by atoms with Gasteiger partial charge in [-0.15, -0.1) is 0 Å². The molecule has 2 aromatic rings. The Labute approximate surface area is 151 Å². The minimum Gasteiger partial charge on any atom is -0.493 e. The molecule has 0 radical (unpaired) electrons. The monoisotopic (exact) mass is 363 g/mol. The number of thiocarbonyl (C=S) groups is 1. The second kappa shape index (κ2) is 8.61. The van der Waals surface area contributed by atoms with E-state index in [4.69, 9.17) is 28.6 Å². The van der Waals surface area contributed by atoms with Crippen molar-refractivity contribution < 1.29 is 9.53 Å². The second-order valence-corrected chi connectivity index (χ2v) is 6.25. The third-order valence-electron chi connectivity index (χ3n) is 2.93. The number of ether oxygens (including phenoxy) is 1. The maximum absolute atomic E-state index is 12.2. The maximum atomic E-state index is 12.2. The number of hydrogen-bond acceptors (Lipinski definition) is 4. The molecule has 0 atom stereocenters. The molecule has 0 aliphatic rings. The zero-order valence-corrected chi connectivity index (χ0v) is 14.9. The third-order valence-corrected chi connectivity index (χ3v) is 3.44. The predicted molar refractivity (Wildman–Crippen MR) is 99.7 cm³/mol. The maximum Gasteiger partial charge on any atom is 0.257 e. The number of amides is 1. The molecule has 126 valence electrons. The second-order valence-electron chi connectivity index (χ2n) is 5.48. The SMILES string of the molecule is CC(C)COc1ccc(C(=O)NC(=S)Nc2cccnc2Cl)cc1. The standard InChI is InChI=1S/C17H18ClN3O2S/c1-11(2)10-23-13-7-5-12(6-8-13)16(22)21-17(24)20-14-4-3-9-19-15(14)18/h3-9,11H,10H2,1-2H3,(H2,20,21,22,24). The lowest BCUT2D eigenvalue weighted by atomic mass is 10.2. The summed E-state index contributed by atoms with van der Waals surface area (Å²) in [5.74, 6) is 0.849. The average molecular weight is 364 g/mol. The van der Waals surface area contributed by atoms with Crippen LogP contribution >= 0.6 is 23.8 Å². The van der Waals surface area contributed by atoms with E-state index in [0.717, 1.165) is 5.75 Å². The van der Waals surface area contributed by atoms with E-state index < -0.39 is 0 Å². The minimum absolute atomic E-state index is 0.148. The predicted octanol–water partition coefficient (Wildman–Crippen LogP) is 3.90. The number of nitrogens with zero attached hydrogens (tertiary/aromatic N) is 1. The van der Waals surface area contributed by atoms with Crippen molar-refractivity contribution in [3.8, 4) is 5.75 Å². The van der Waals surface area contributed by atoms with E-state index in [-0.39, 0.29) is 16.2 Å². The van der Waals surface area contributed by atoms with Crippen LogP contribution in [-0.4, -0.2) is 22.6 Å². The molecular weight excluding hydrogens is 346 g/mol. The number of nitrogens with one attached hydrogen (secondary N) is 2. The average Bonchev–Trinajstić information content (AvgIpc) is 2.55. The molecule has 2 N–H and O–H groups in total. The molecule has 2 rings (SSSR count). The minimum atomic E-state index is -0.317. The number of benzene rings is 1. The van der Waals surface area contributed by atoms with Gasteiger partial charge in [-0.05, 0) is 54.5 Å². The van der Waals surface area contributed by atoms with Crippen molar-refractivity contribution in [2.45, 2.75) is 13.8 Å². The summed E-state index contributed by atoms with van der Waals surface area (Å²) in [6.07, 6.45) is 1.57. The Balaban J connectivity index is 1.92. The molecule has 0 saturated carbocycles. The molecule has 0 fully saturated rings. The van der Waals surface area contributed by atoms with Crippen molar-refractivity contribution in [2.75, 3.05) is 11.9 Å². The summed E-state index contributed by atoms with van der Waals surface area (Å²) >= 11 is 11.0. The van der Waals surface area contributed by atoms with E-state index in [1.165, 1.54) is 0 Å². The molecule has 5 nitrogen and oxygen atoms in total. The van der Waals surface area contributed by atoms with Crippen molar-refractivity contribution in [1.82, 2.24) is 10.3 Å². The van der Waals surface area contributed by atoms with Crippen molar-refractivity contribution in [2.24, 2.45) is 5.92 Å². The lowest BCUT2D eigenvalue weighted by Crippen LogP contribution is -2.34. The van der Waals surface area contributed by atoms with Crippen LogP contribution in [0.5, 0.6) is 5.75 Å². The first-order valence-corrected chi connectivity index (χ1v) is 8.20. The first-order chi connectivity index (χ1) is 11.5. The van der Waals surface area contributed by atoms with E-state index in [0.29, 0.717) is 23.8 Å². The van der Waals surface area contributed by atoms with Crippen LogP contribution < -0.4 is 15.4 Å². The summed E-state index contributed by atoms with van der Waals surface area (Å²) < 4.78 is 5.58. The zero-order valence-electron chi connectivity index (χ0n) is 13.4. The lowest BCUT2D eigenvalue weighted by Gasteiger charge is -2.11. The van der Waals surface area contributed by atoms with Gasteiger partial charge in [-0.2, -0.15) is 0 Å². The van der Waals surface area contributed by atoms with E-state index in [1.54, 1.807) is 42.6 Å². The van der Waals surface area contributed by atoms with Crippen LogP contribution in [0.4, 0.5) is 5.69 Å². The number of pyridine rings is 1. The van der Waals surface area contributed by atoms with Gasteiger partial charge in [-0.25, -0.2) is 4.98 Å². The summed E-state index contributed by atoms with van der Waals surface area (Å²) in [7, 11) is 0. The Kier molecular flexibility index (Phi) is 6.52. The Hall–Kier alpha value is -2.18. The van der Waals surface area contributed by atoms with Gasteiger partial charge in [0.2, 0.25) is 0 Å². The first kappa shape index (κ1) is 18.2. The number of rotatable bonds is 5. The fourth-order valence-corrected chi connectivity index (χ4v) is 2.14. The molecule has 24 heavy (non-hydrogen) atoms. The van der Waals surface area contributed by atoms with Gasteiger partial charge in [0.15, 0.2) is 10.3 Å². The third kappa shape index (κ3) is 5.47. The fourth-order valence-electron chi connectivity index (χ4n) is 1.77. The highest BCUT2D eigenvalue weighted by Gasteiger charge is 2.09. The molecule has 0 spiro atoms. The van der Waals surface area contributed by atoms with Crippen molar-refractivity contribution in [3.63, 3.8) is 0 Å². The van der Waals surface area contributed by atoms with Gasteiger partial charge >= 0.3 is 0 Å². The quantitative estimate of drug-likeness (QED) is 0.623. The van der Waals surface area contributed by atoms with E-state index in [9.17, 15) is 4.79 Å². The van der Waals surface area contributed by atoms with Gasteiger partial charge in [0, 0.05) is 11.8 Å². The van der Waals surface area contributed by atoms with Gasteiger partial charge in [0.1, 0.15) is 5.75 Å². The fraction of sp³-hybridized carbons (Fsp3) is 0.235. The zero-order chi connectivity index (χ0) is 17.5. The molecule has 0 unspecified atom stereocenters. The van der Waals surface area contributed by atoms with Crippen LogP contribution in [0.1, 0.15) is 24.2 Å². The lowest BCUT2D eigenvalue weighted by molar-refractivity contribution is 0.0977. The molecule has 1 heterocycles. The van der Waals surface area contributed by atoms with Crippen LogP contribution in [0, 0.1) is 5.92 Å². The Bertz CT molecular complexity index is 720. The summed E-state index contributed by atoms with van der Waals surface area (Å²) in [6, 6.07) is 10.3. The van der Waals surface area contributed by atoms with Gasteiger partial charge in [0.25, 0.3) is 5.91 Å². The van der Waals surface area contributed by atoms with Gasteiger partial charge in [-0.1, -0.05) is 25.4 Å². The first-order valence-electron chi connectivity index (χ1n) is 7.41. The Morgan fingerprint density at radius 1 is 1.29 bits per heavy atom. The number of anilines is 1. The van der Waals surface area contributed by atoms with Gasteiger partial charge in [-0.3, -0.25) is 10.1 Å². The Morgan fingerprint density at radius 2 is 2.00 bits per heavy atom. The normalized spacial score (nSPS) is 10.3. The van der Waals surface area contributed by atoms with Crippen LogP contribution in [-0.2, 0) is 0 Å². The number of carbonyl (C=O) groups is 1. The number of halogens is 1. The molecule has 7 heteroatoms. The largest absolute Gasteiger partial charge is 0.493 e. The Morgan fingerprint density at radius 3 is 2.62 bits per heavy atom. The number of aromatic nitrogens is 1. The molecule has 1 amide bonds. The van der Waals surface area contributed by atoms with Crippen LogP contribution in [0.3, 0.4) is 0 Å². The topological polar surface area (TPSA) is 63.2 Å². The van der Waals surface area contributed by atoms with E-state index in [1.807, 2.05) is 0 Å². The van der Waals surface area contributed by atoms with Gasteiger partial charge < -0.3 is 10.1 Å². The van der Waals surface area contributed by atoms with Crippen molar-refractivity contribution in [3.05, 3.63) is 53.3 Å². The van der Waals surface area contributed by atoms with Crippen molar-refractivity contribution >= 4 is 40.5 Å². The van der Waals surface area contributed by atoms with Crippen LogP contribution in [0.2, 0.25) is 5.15 Å². The molecule has 0 saturated heterocycles. The molecule has 0 aliphatic carbocycles. The highest BCUT2D eigenvalue weighted by Crippen LogP contribution is 2.17. The van der Waals surface area contributed by atoms with Crippen LogP contribution in [0.25, 0.3) is 0 Å². The summed E-state index contributed by atoms with van der Waals surface area (Å²) in [5, 5.41) is 5.86. The molecule has 0 aliphatic heterocycles. The molecule has 1 aromatic carbocycles. The van der Waals surface area contributed by atoms with Crippen molar-refractivity contribution in [1.29, 1.82) is 0 Å². The highest BCUT2D eigenvalue weighted by molar-refractivity contribution is 7.80. The van der Waals surface area contributed by atoms with Crippen LogP contribution in [0.15, 0.2) is 42.6 Å². The summed E-state index contributed by atoms with van der Waals surface area (Å²) in [4.78, 5) is 16.1. The summed E-state index contributed by atoms with van der Waals surface area (Å²) in [6.45, 7) is 4.78. The molecular formula is C17H18ClN3O2S. The smallest absolute Gasteiger partial charge is 0.257 e. The van der Waals surface area contributed by atoms with Gasteiger partial charge in [0.05, 0.1) is 12.3 Å². The number of carbonyl (C=O) groups excluding carboxylic acids is 1. The highest BCUT2D eigenvalue weighted by atomic mass is 35.5. The van der Waals surface area contributed by atoms with E-state index in [2.05, 4.69) is 29.5 Å². The number of hydrogen-bond donors (Lipinski definition) is 2. The summed E-state index contributed by atoms with van der Waals surface area (Å²) in [5.41, 5.74) is 1.01. The van der Waals surface area contributed by atoms with E-state index >= 15 is 0 Å². The molecule has 1 aromatic heterocycles.